The highest BCUT2D eigenvalue weighted by atomic mass is 16.7. The number of nitrogens with zero attached hydrogens (tertiary/aromatic N) is 1. The van der Waals surface area contributed by atoms with E-state index in [2.05, 4.69) is 5.32 Å². The maximum absolute atomic E-state index is 11.3. The van der Waals surface area contributed by atoms with Gasteiger partial charge < -0.3 is 30.1 Å². The first-order valence-corrected chi connectivity index (χ1v) is 7.03. The highest BCUT2D eigenvalue weighted by Crippen LogP contribution is 2.26. The van der Waals surface area contributed by atoms with E-state index in [1.54, 1.807) is 18.2 Å². The van der Waals surface area contributed by atoms with Gasteiger partial charge in [-0.15, -0.1) is 0 Å². The van der Waals surface area contributed by atoms with Crippen molar-refractivity contribution < 1.29 is 29.6 Å². The lowest BCUT2D eigenvalue weighted by Crippen LogP contribution is -2.65. The summed E-state index contributed by atoms with van der Waals surface area (Å²) in [7, 11) is 0. The topological polar surface area (TPSA) is 132 Å². The molecule has 1 aliphatic heterocycles. The predicted octanol–water partition coefficient (Wildman–Crippen LogP) is -1.12. The molecular formula is C15H18N2O6. The van der Waals surface area contributed by atoms with Crippen LogP contribution >= 0.6 is 0 Å². The summed E-state index contributed by atoms with van der Waals surface area (Å²) in [6, 6.07) is 7.29. The first-order valence-electron chi connectivity index (χ1n) is 7.03. The molecule has 1 aliphatic rings. The van der Waals surface area contributed by atoms with Crippen LogP contribution in [0.4, 0.5) is 0 Å². The number of aliphatic hydroxyl groups is 3. The third-order valence-corrected chi connectivity index (χ3v) is 3.50. The summed E-state index contributed by atoms with van der Waals surface area (Å²) in [6.07, 6.45) is -5.04. The SMILES string of the molecule is CC(=O)N[C@H]1C(Oc2ccccc2C#N)O[C@H](CO)[C@@H](O)[C@@H]1O. The summed E-state index contributed by atoms with van der Waals surface area (Å²) in [6.45, 7) is 0.711. The van der Waals surface area contributed by atoms with Gasteiger partial charge in [0, 0.05) is 6.92 Å². The zero-order valence-electron chi connectivity index (χ0n) is 12.4. The van der Waals surface area contributed by atoms with Gasteiger partial charge in [-0.2, -0.15) is 5.26 Å². The molecule has 0 radical (unpaired) electrons. The third-order valence-electron chi connectivity index (χ3n) is 3.50. The van der Waals surface area contributed by atoms with Crippen LogP contribution in [-0.2, 0) is 9.53 Å². The van der Waals surface area contributed by atoms with E-state index in [4.69, 9.17) is 14.7 Å². The highest BCUT2D eigenvalue weighted by Gasteiger charge is 2.46. The fourth-order valence-electron chi connectivity index (χ4n) is 2.36. The third kappa shape index (κ3) is 3.78. The average molecular weight is 322 g/mol. The molecule has 23 heavy (non-hydrogen) atoms. The van der Waals surface area contributed by atoms with Crippen LogP contribution in [0.1, 0.15) is 12.5 Å². The number of carbonyl (C=O) groups is 1. The summed E-state index contributed by atoms with van der Waals surface area (Å²) in [4.78, 5) is 11.3. The molecule has 8 nitrogen and oxygen atoms in total. The van der Waals surface area contributed by atoms with E-state index in [-0.39, 0.29) is 11.3 Å². The molecular weight excluding hydrogens is 304 g/mol. The van der Waals surface area contributed by atoms with Crippen molar-refractivity contribution in [2.45, 2.75) is 37.6 Å². The Morgan fingerprint density at radius 1 is 1.39 bits per heavy atom. The molecule has 0 bridgehead atoms. The Balaban J connectivity index is 2.27. The van der Waals surface area contributed by atoms with Crippen molar-refractivity contribution in [3.05, 3.63) is 29.8 Å². The van der Waals surface area contributed by atoms with Crippen LogP contribution in [-0.4, -0.2) is 58.5 Å². The van der Waals surface area contributed by atoms with Crippen molar-refractivity contribution in [3.63, 3.8) is 0 Å². The van der Waals surface area contributed by atoms with Gasteiger partial charge in [0.05, 0.1) is 12.2 Å². The maximum Gasteiger partial charge on any atom is 0.223 e. The second-order valence-electron chi connectivity index (χ2n) is 5.16. The molecule has 0 saturated carbocycles. The van der Waals surface area contributed by atoms with Gasteiger partial charge in [0.2, 0.25) is 12.2 Å². The van der Waals surface area contributed by atoms with Gasteiger partial charge in [-0.05, 0) is 12.1 Å². The quantitative estimate of drug-likeness (QED) is 0.552. The van der Waals surface area contributed by atoms with Gasteiger partial charge in [0.1, 0.15) is 36.2 Å². The lowest BCUT2D eigenvalue weighted by molar-refractivity contribution is -0.244. The Kier molecular flexibility index (Phi) is 5.52. The largest absolute Gasteiger partial charge is 0.461 e. The molecule has 1 aromatic rings. The van der Waals surface area contributed by atoms with E-state index in [0.29, 0.717) is 0 Å². The number of nitriles is 1. The summed E-state index contributed by atoms with van der Waals surface area (Å²) < 4.78 is 11.0. The first-order chi connectivity index (χ1) is 11.0. The van der Waals surface area contributed by atoms with Crippen LogP contribution < -0.4 is 10.1 Å². The average Bonchev–Trinajstić information content (AvgIpc) is 2.54. The van der Waals surface area contributed by atoms with E-state index in [0.717, 1.165) is 0 Å². The molecule has 8 heteroatoms. The Morgan fingerprint density at radius 2 is 2.09 bits per heavy atom. The minimum Gasteiger partial charge on any atom is -0.461 e. The second-order valence-corrected chi connectivity index (χ2v) is 5.16. The van der Waals surface area contributed by atoms with Gasteiger partial charge in [0.15, 0.2) is 0 Å². The van der Waals surface area contributed by atoms with Gasteiger partial charge >= 0.3 is 0 Å². The summed E-state index contributed by atoms with van der Waals surface area (Å²) in [5, 5.41) is 40.8. The number of rotatable bonds is 4. The van der Waals surface area contributed by atoms with Gasteiger partial charge in [-0.25, -0.2) is 0 Å². The molecule has 1 saturated heterocycles. The zero-order chi connectivity index (χ0) is 17.0. The molecule has 5 atom stereocenters. The van der Waals surface area contributed by atoms with Crippen LogP contribution in [0.15, 0.2) is 24.3 Å². The van der Waals surface area contributed by atoms with Gasteiger partial charge in [-0.1, -0.05) is 12.1 Å². The van der Waals surface area contributed by atoms with Crippen molar-refractivity contribution in [2.24, 2.45) is 0 Å². The number of amides is 1. The molecule has 1 unspecified atom stereocenters. The van der Waals surface area contributed by atoms with Crippen LogP contribution in [0.25, 0.3) is 0 Å². The lowest BCUT2D eigenvalue weighted by atomic mass is 9.97. The van der Waals surface area contributed by atoms with Gasteiger partial charge in [0.25, 0.3) is 0 Å². The highest BCUT2D eigenvalue weighted by molar-refractivity contribution is 5.73. The molecule has 124 valence electrons. The van der Waals surface area contributed by atoms with Crippen molar-refractivity contribution in [1.29, 1.82) is 5.26 Å². The number of aliphatic hydroxyl groups excluding tert-OH is 3. The van der Waals surface area contributed by atoms with Crippen molar-refractivity contribution >= 4 is 5.91 Å². The summed E-state index contributed by atoms with van der Waals surface area (Å²) in [5.74, 6) is -0.245. The molecule has 1 aromatic carbocycles. The summed E-state index contributed by atoms with van der Waals surface area (Å²) >= 11 is 0. The second kappa shape index (κ2) is 7.39. The van der Waals surface area contributed by atoms with Crippen molar-refractivity contribution in [3.8, 4) is 11.8 Å². The van der Waals surface area contributed by atoms with E-state index in [9.17, 15) is 20.1 Å². The molecule has 1 amide bonds. The molecule has 1 heterocycles. The number of carbonyl (C=O) groups excluding carboxylic acids is 1. The zero-order valence-corrected chi connectivity index (χ0v) is 12.4. The van der Waals surface area contributed by atoms with Crippen LogP contribution in [0.3, 0.4) is 0 Å². The van der Waals surface area contributed by atoms with Crippen molar-refractivity contribution in [1.82, 2.24) is 5.32 Å². The lowest BCUT2D eigenvalue weighted by Gasteiger charge is -2.42. The maximum atomic E-state index is 11.3. The Labute approximate surface area is 132 Å². The number of nitrogens with one attached hydrogen (secondary N) is 1. The Hall–Kier alpha value is -2.18. The normalized spacial score (nSPS) is 30.3. The number of hydrogen-bond donors (Lipinski definition) is 4. The Bertz CT molecular complexity index is 602. The molecule has 2 rings (SSSR count). The number of ether oxygens (including phenoxy) is 2. The van der Waals surface area contributed by atoms with E-state index in [1.165, 1.54) is 13.0 Å². The van der Waals surface area contributed by atoms with Crippen LogP contribution in [0.5, 0.6) is 5.75 Å². The van der Waals surface area contributed by atoms with E-state index in [1.807, 2.05) is 6.07 Å². The smallest absolute Gasteiger partial charge is 0.223 e. The number of para-hydroxylation sites is 1. The summed E-state index contributed by atoms with van der Waals surface area (Å²) in [5.41, 5.74) is 0.249. The van der Waals surface area contributed by atoms with Crippen LogP contribution in [0.2, 0.25) is 0 Å². The van der Waals surface area contributed by atoms with E-state index >= 15 is 0 Å². The molecule has 0 aromatic heterocycles. The van der Waals surface area contributed by atoms with Crippen LogP contribution in [0, 0.1) is 11.3 Å². The molecule has 4 N–H and O–H groups in total. The predicted molar refractivity (Wildman–Crippen MR) is 77.2 cm³/mol. The van der Waals surface area contributed by atoms with Gasteiger partial charge in [-0.3, -0.25) is 4.79 Å². The van der Waals surface area contributed by atoms with Crippen molar-refractivity contribution in [2.75, 3.05) is 6.61 Å². The standard InChI is InChI=1S/C15H18N2O6/c1-8(19)17-12-14(21)13(20)11(7-18)23-15(12)22-10-5-3-2-4-9(10)6-16/h2-5,11-15,18,20-21H,7H2,1H3,(H,17,19)/t11-,12-,13-,14-,15?/m1/s1. The Morgan fingerprint density at radius 3 is 2.70 bits per heavy atom. The molecule has 0 spiro atoms. The fraction of sp³-hybridized carbons (Fsp3) is 0.467. The molecule has 0 aliphatic carbocycles. The number of hydrogen-bond acceptors (Lipinski definition) is 7. The monoisotopic (exact) mass is 322 g/mol. The first kappa shape index (κ1) is 17.2. The fourth-order valence-corrected chi connectivity index (χ4v) is 2.36. The minimum atomic E-state index is -1.40. The van der Waals surface area contributed by atoms with E-state index < -0.39 is 43.2 Å². The minimum absolute atomic E-state index is 0.204. The molecule has 1 fully saturated rings. The number of benzene rings is 1.